The van der Waals surface area contributed by atoms with Gasteiger partial charge in [-0.2, -0.15) is 5.10 Å². The van der Waals surface area contributed by atoms with Crippen molar-refractivity contribution in [2.45, 2.75) is 4.90 Å². The van der Waals surface area contributed by atoms with Gasteiger partial charge in [0.25, 0.3) is 15.9 Å². The zero-order chi connectivity index (χ0) is 25.4. The summed E-state index contributed by atoms with van der Waals surface area (Å²) in [6.07, 6.45) is 1.32. The predicted molar refractivity (Wildman–Crippen MR) is 129 cm³/mol. The van der Waals surface area contributed by atoms with Crippen molar-refractivity contribution in [3.8, 4) is 17.2 Å². The molecule has 35 heavy (non-hydrogen) atoms. The normalized spacial score (nSPS) is 11.2. The Morgan fingerprint density at radius 1 is 0.943 bits per heavy atom. The van der Waals surface area contributed by atoms with Crippen molar-refractivity contribution in [1.29, 1.82) is 0 Å². The number of carbonyl (C=O) groups excluding carboxylic acids is 1. The van der Waals surface area contributed by atoms with Gasteiger partial charge in [0.05, 0.1) is 38.1 Å². The van der Waals surface area contributed by atoms with Crippen LogP contribution in [0.3, 0.4) is 0 Å². The molecule has 0 spiro atoms. The number of nitrogens with one attached hydrogen (secondary N) is 1. The topological polar surface area (TPSA) is 107 Å². The predicted octanol–water partition coefficient (Wildman–Crippen LogP) is 3.20. The van der Waals surface area contributed by atoms with Gasteiger partial charge in [-0.25, -0.2) is 18.2 Å². The number of rotatable bonds is 10. The average Bonchev–Trinajstić information content (AvgIpc) is 2.88. The van der Waals surface area contributed by atoms with Crippen LogP contribution < -0.4 is 23.9 Å². The molecule has 0 saturated heterocycles. The minimum atomic E-state index is -4.21. The Labute approximate surface area is 202 Å². The summed E-state index contributed by atoms with van der Waals surface area (Å²) in [7, 11) is 0.108. The molecule has 0 saturated carbocycles. The molecule has 0 bridgehead atoms. The number of hydrogen-bond acceptors (Lipinski definition) is 7. The van der Waals surface area contributed by atoms with Crippen LogP contribution in [-0.2, 0) is 14.8 Å². The lowest BCUT2D eigenvalue weighted by atomic mass is 10.2. The van der Waals surface area contributed by atoms with Crippen molar-refractivity contribution >= 4 is 27.8 Å². The van der Waals surface area contributed by atoms with Crippen molar-refractivity contribution < 1.29 is 31.8 Å². The summed E-state index contributed by atoms with van der Waals surface area (Å²) in [5, 5.41) is 3.83. The second-order valence-electron chi connectivity index (χ2n) is 7.07. The number of anilines is 1. The van der Waals surface area contributed by atoms with Crippen LogP contribution in [0.2, 0.25) is 0 Å². The number of carbonyl (C=O) groups is 1. The molecule has 0 aliphatic rings. The van der Waals surface area contributed by atoms with Gasteiger partial charge in [-0.15, -0.1) is 0 Å². The van der Waals surface area contributed by atoms with E-state index in [1.807, 2.05) is 0 Å². The maximum atomic E-state index is 13.6. The molecule has 11 heteroatoms. The molecule has 1 N–H and O–H groups in total. The Kier molecular flexibility index (Phi) is 8.26. The molecule has 0 aromatic heterocycles. The first-order valence-electron chi connectivity index (χ1n) is 10.2. The molecule has 1 amide bonds. The quantitative estimate of drug-likeness (QED) is 0.338. The third-order valence-corrected chi connectivity index (χ3v) is 6.63. The lowest BCUT2D eigenvalue weighted by Crippen LogP contribution is -2.39. The highest BCUT2D eigenvalue weighted by atomic mass is 32.2. The Bertz CT molecular complexity index is 1300. The van der Waals surface area contributed by atoms with Crippen molar-refractivity contribution in [3.05, 3.63) is 78.1 Å². The van der Waals surface area contributed by atoms with E-state index in [-0.39, 0.29) is 16.3 Å². The standard InChI is InChI=1S/C24H24FN3O6S/c1-32-20-10-8-19(9-11-20)28(16-24(29)27-26-15-17-4-6-18(25)7-5-17)35(30,31)21-12-13-22(33-2)23(14-21)34-3/h4-15H,16H2,1-3H3,(H,27,29)/b26-15-. The van der Waals surface area contributed by atoms with E-state index in [1.165, 1.54) is 82.1 Å². The first-order valence-corrected chi connectivity index (χ1v) is 11.7. The molecule has 9 nitrogen and oxygen atoms in total. The van der Waals surface area contributed by atoms with Gasteiger partial charge >= 0.3 is 0 Å². The third kappa shape index (κ3) is 6.27. The molecule has 3 aromatic rings. The third-order valence-electron chi connectivity index (χ3n) is 4.86. The zero-order valence-corrected chi connectivity index (χ0v) is 20.1. The highest BCUT2D eigenvalue weighted by Gasteiger charge is 2.28. The highest BCUT2D eigenvalue weighted by Crippen LogP contribution is 2.32. The van der Waals surface area contributed by atoms with Crippen LogP contribution in [0.4, 0.5) is 10.1 Å². The Balaban J connectivity index is 1.90. The number of sulfonamides is 1. The Morgan fingerprint density at radius 2 is 1.60 bits per heavy atom. The number of amides is 1. The van der Waals surface area contributed by atoms with Crippen LogP contribution in [0.25, 0.3) is 0 Å². The number of methoxy groups -OCH3 is 3. The van der Waals surface area contributed by atoms with Crippen LogP contribution >= 0.6 is 0 Å². The van der Waals surface area contributed by atoms with Crippen LogP contribution in [0.1, 0.15) is 5.56 Å². The van der Waals surface area contributed by atoms with Gasteiger partial charge in [0.15, 0.2) is 11.5 Å². The summed E-state index contributed by atoms with van der Waals surface area (Å²) >= 11 is 0. The van der Waals surface area contributed by atoms with Crippen molar-refractivity contribution in [1.82, 2.24) is 5.43 Å². The molecule has 0 radical (unpaired) electrons. The largest absolute Gasteiger partial charge is 0.497 e. The van der Waals surface area contributed by atoms with E-state index < -0.39 is 28.3 Å². The molecule has 3 aromatic carbocycles. The van der Waals surface area contributed by atoms with Crippen LogP contribution in [0.5, 0.6) is 17.2 Å². The molecule has 0 unspecified atom stereocenters. The van der Waals surface area contributed by atoms with E-state index in [9.17, 15) is 17.6 Å². The van der Waals surface area contributed by atoms with E-state index in [4.69, 9.17) is 14.2 Å². The average molecular weight is 502 g/mol. The molecular formula is C24H24FN3O6S. The smallest absolute Gasteiger partial charge is 0.264 e. The van der Waals surface area contributed by atoms with E-state index in [0.717, 1.165) is 4.31 Å². The SMILES string of the molecule is COc1ccc(N(CC(=O)N/N=C\c2ccc(F)cc2)S(=O)(=O)c2ccc(OC)c(OC)c2)cc1. The molecule has 0 aliphatic carbocycles. The lowest BCUT2D eigenvalue weighted by molar-refractivity contribution is -0.119. The fourth-order valence-electron chi connectivity index (χ4n) is 3.06. The molecule has 0 atom stereocenters. The summed E-state index contributed by atoms with van der Waals surface area (Å²) in [5.74, 6) is 0.00223. The fourth-order valence-corrected chi connectivity index (χ4v) is 4.50. The maximum Gasteiger partial charge on any atom is 0.264 e. The van der Waals surface area contributed by atoms with Gasteiger partial charge in [-0.3, -0.25) is 9.10 Å². The van der Waals surface area contributed by atoms with Gasteiger partial charge in [0.2, 0.25) is 0 Å². The molecule has 0 heterocycles. The maximum absolute atomic E-state index is 13.6. The first kappa shape index (κ1) is 25.5. The van der Waals surface area contributed by atoms with E-state index in [2.05, 4.69) is 10.5 Å². The Hall–Kier alpha value is -4.12. The number of hydrazone groups is 1. The van der Waals surface area contributed by atoms with Crippen molar-refractivity contribution in [2.75, 3.05) is 32.2 Å². The minimum Gasteiger partial charge on any atom is -0.497 e. The van der Waals surface area contributed by atoms with E-state index in [0.29, 0.717) is 17.1 Å². The molecule has 184 valence electrons. The minimum absolute atomic E-state index is 0.103. The molecular weight excluding hydrogens is 477 g/mol. The van der Waals surface area contributed by atoms with Crippen LogP contribution in [0.15, 0.2) is 76.7 Å². The van der Waals surface area contributed by atoms with Gasteiger partial charge in [-0.05, 0) is 54.1 Å². The summed E-state index contributed by atoms with van der Waals surface area (Å²) in [4.78, 5) is 12.5. The number of ether oxygens (including phenoxy) is 3. The number of nitrogens with zero attached hydrogens (tertiary/aromatic N) is 2. The number of hydrogen-bond donors (Lipinski definition) is 1. The fraction of sp³-hybridized carbons (Fsp3) is 0.167. The Morgan fingerprint density at radius 3 is 2.20 bits per heavy atom. The van der Waals surface area contributed by atoms with E-state index in [1.54, 1.807) is 12.1 Å². The second kappa shape index (κ2) is 11.3. The number of benzene rings is 3. The molecule has 0 aliphatic heterocycles. The van der Waals surface area contributed by atoms with Gasteiger partial charge in [0.1, 0.15) is 18.1 Å². The molecule has 3 rings (SSSR count). The highest BCUT2D eigenvalue weighted by molar-refractivity contribution is 7.92. The van der Waals surface area contributed by atoms with Crippen LogP contribution in [0, 0.1) is 5.82 Å². The van der Waals surface area contributed by atoms with Crippen LogP contribution in [-0.4, -0.2) is 48.4 Å². The molecule has 0 fully saturated rings. The second-order valence-corrected chi connectivity index (χ2v) is 8.93. The lowest BCUT2D eigenvalue weighted by Gasteiger charge is -2.24. The van der Waals surface area contributed by atoms with E-state index >= 15 is 0 Å². The first-order chi connectivity index (χ1) is 16.8. The van der Waals surface area contributed by atoms with Gasteiger partial charge in [-0.1, -0.05) is 12.1 Å². The summed E-state index contributed by atoms with van der Waals surface area (Å²) < 4.78 is 56.6. The summed E-state index contributed by atoms with van der Waals surface area (Å²) in [6.45, 7) is -0.566. The van der Waals surface area contributed by atoms with Crippen molar-refractivity contribution in [3.63, 3.8) is 0 Å². The number of halogens is 1. The van der Waals surface area contributed by atoms with Gasteiger partial charge < -0.3 is 14.2 Å². The summed E-state index contributed by atoms with van der Waals surface area (Å²) in [5.41, 5.74) is 3.08. The van der Waals surface area contributed by atoms with Crippen molar-refractivity contribution in [2.24, 2.45) is 5.10 Å². The monoisotopic (exact) mass is 501 g/mol. The zero-order valence-electron chi connectivity index (χ0n) is 19.3. The van der Waals surface area contributed by atoms with Gasteiger partial charge in [0, 0.05) is 6.07 Å². The summed E-state index contributed by atoms with van der Waals surface area (Å²) in [6, 6.07) is 15.8.